The second-order valence-electron chi connectivity index (χ2n) is 3.69. The van der Waals surface area contributed by atoms with E-state index in [4.69, 9.17) is 10.8 Å². The molecular formula is C11H15NO4. The number of aliphatic hydroxyl groups excluding tert-OH is 2. The molecule has 5 nitrogen and oxygen atoms in total. The molecular weight excluding hydrogens is 210 g/mol. The lowest BCUT2D eigenvalue weighted by Crippen LogP contribution is -2.23. The van der Waals surface area contributed by atoms with Gasteiger partial charge in [-0.05, 0) is 18.6 Å². The molecule has 5 heteroatoms. The van der Waals surface area contributed by atoms with Gasteiger partial charge in [0, 0.05) is 11.3 Å². The fourth-order valence-corrected chi connectivity index (χ4v) is 1.59. The highest BCUT2D eigenvalue weighted by atomic mass is 16.4. The van der Waals surface area contributed by atoms with Gasteiger partial charge in [-0.15, -0.1) is 0 Å². The predicted molar refractivity (Wildman–Crippen MR) is 58.8 cm³/mol. The molecule has 2 atom stereocenters. The average molecular weight is 225 g/mol. The highest BCUT2D eigenvalue weighted by Crippen LogP contribution is 2.27. The number of anilines is 1. The molecule has 1 aromatic carbocycles. The molecule has 1 rings (SSSR count). The molecule has 16 heavy (non-hydrogen) atoms. The van der Waals surface area contributed by atoms with Crippen molar-refractivity contribution in [1.82, 2.24) is 0 Å². The maximum absolute atomic E-state index is 10.4. The lowest BCUT2D eigenvalue weighted by Gasteiger charge is -2.20. The van der Waals surface area contributed by atoms with Crippen LogP contribution in [-0.4, -0.2) is 27.4 Å². The number of benzene rings is 1. The minimum atomic E-state index is -1.36. The van der Waals surface area contributed by atoms with Gasteiger partial charge in [-0.1, -0.05) is 12.1 Å². The van der Waals surface area contributed by atoms with Gasteiger partial charge in [0.2, 0.25) is 0 Å². The normalized spacial score (nSPS) is 14.4. The van der Waals surface area contributed by atoms with Crippen molar-refractivity contribution in [2.75, 3.05) is 5.73 Å². The van der Waals surface area contributed by atoms with E-state index >= 15 is 0 Å². The van der Waals surface area contributed by atoms with Crippen molar-refractivity contribution >= 4 is 11.7 Å². The van der Waals surface area contributed by atoms with E-state index in [2.05, 4.69) is 0 Å². The number of aliphatic carboxylic acids is 1. The molecule has 0 spiro atoms. The molecule has 0 aromatic heterocycles. The summed E-state index contributed by atoms with van der Waals surface area (Å²) >= 11 is 0. The van der Waals surface area contributed by atoms with Gasteiger partial charge in [0.15, 0.2) is 0 Å². The van der Waals surface area contributed by atoms with Crippen LogP contribution in [-0.2, 0) is 4.79 Å². The van der Waals surface area contributed by atoms with Gasteiger partial charge < -0.3 is 21.1 Å². The van der Waals surface area contributed by atoms with Crippen LogP contribution in [0.25, 0.3) is 0 Å². The molecule has 5 N–H and O–H groups in total. The van der Waals surface area contributed by atoms with E-state index in [1.807, 2.05) is 0 Å². The third kappa shape index (κ3) is 2.71. The van der Waals surface area contributed by atoms with Crippen molar-refractivity contribution < 1.29 is 20.1 Å². The Morgan fingerprint density at radius 3 is 2.56 bits per heavy atom. The molecule has 0 saturated carbocycles. The lowest BCUT2D eigenvalue weighted by atomic mass is 9.96. The summed E-state index contributed by atoms with van der Waals surface area (Å²) in [4.78, 5) is 10.4. The minimum Gasteiger partial charge on any atom is -0.481 e. The molecule has 0 saturated heterocycles. The number of rotatable bonds is 4. The summed E-state index contributed by atoms with van der Waals surface area (Å²) in [7, 11) is 0. The summed E-state index contributed by atoms with van der Waals surface area (Å²) in [6, 6.07) is 5.06. The van der Waals surface area contributed by atoms with E-state index in [1.54, 1.807) is 25.1 Å². The highest BCUT2D eigenvalue weighted by molar-refractivity contribution is 5.67. The third-order valence-electron chi connectivity index (χ3n) is 2.40. The summed E-state index contributed by atoms with van der Waals surface area (Å²) in [6.45, 7) is 1.74. The van der Waals surface area contributed by atoms with E-state index < -0.39 is 24.6 Å². The Balaban J connectivity index is 2.95. The van der Waals surface area contributed by atoms with Crippen molar-refractivity contribution in [1.29, 1.82) is 0 Å². The molecule has 0 bridgehead atoms. The van der Waals surface area contributed by atoms with Gasteiger partial charge in [0.1, 0.15) is 6.10 Å². The molecule has 88 valence electrons. The summed E-state index contributed by atoms with van der Waals surface area (Å²) in [6.07, 6.45) is -3.16. The van der Waals surface area contributed by atoms with Crippen molar-refractivity contribution in [3.05, 3.63) is 29.3 Å². The molecule has 0 heterocycles. The summed E-state index contributed by atoms with van der Waals surface area (Å²) in [5.74, 6) is -1.17. The molecule has 0 aliphatic carbocycles. The number of hydrogen-bond acceptors (Lipinski definition) is 4. The zero-order valence-electron chi connectivity index (χ0n) is 8.92. The van der Waals surface area contributed by atoms with Crippen molar-refractivity contribution in [3.63, 3.8) is 0 Å². The first-order chi connectivity index (χ1) is 7.43. The van der Waals surface area contributed by atoms with E-state index in [1.165, 1.54) is 0 Å². The molecule has 0 aliphatic heterocycles. The number of carboxylic acids is 1. The summed E-state index contributed by atoms with van der Waals surface area (Å²) < 4.78 is 0. The number of carbonyl (C=O) groups is 1. The first kappa shape index (κ1) is 12.5. The summed E-state index contributed by atoms with van der Waals surface area (Å²) in [5.41, 5.74) is 7.12. The first-order valence-electron chi connectivity index (χ1n) is 4.86. The third-order valence-corrected chi connectivity index (χ3v) is 2.40. The Morgan fingerprint density at radius 1 is 1.44 bits per heavy atom. The van der Waals surface area contributed by atoms with Crippen LogP contribution in [0.1, 0.15) is 23.7 Å². The van der Waals surface area contributed by atoms with E-state index in [-0.39, 0.29) is 0 Å². The smallest absolute Gasteiger partial charge is 0.306 e. The standard InChI is InChI=1S/C11H15NO4/c1-6-3-2-4-7(12)10(6)11(16)8(13)5-9(14)15/h2-4,8,11,13,16H,5,12H2,1H3,(H,14,15). The molecule has 0 amide bonds. The van der Waals surface area contributed by atoms with Gasteiger partial charge >= 0.3 is 5.97 Å². The monoisotopic (exact) mass is 225 g/mol. The van der Waals surface area contributed by atoms with Gasteiger partial charge in [-0.25, -0.2) is 0 Å². The van der Waals surface area contributed by atoms with Crippen LogP contribution in [0, 0.1) is 6.92 Å². The Labute approximate surface area is 93.1 Å². The maximum Gasteiger partial charge on any atom is 0.306 e. The molecule has 2 unspecified atom stereocenters. The van der Waals surface area contributed by atoms with Crippen LogP contribution in [0.3, 0.4) is 0 Å². The Morgan fingerprint density at radius 2 is 2.06 bits per heavy atom. The second-order valence-corrected chi connectivity index (χ2v) is 3.69. The highest BCUT2D eigenvalue weighted by Gasteiger charge is 2.24. The van der Waals surface area contributed by atoms with Crippen LogP contribution in [0.4, 0.5) is 5.69 Å². The Kier molecular flexibility index (Phi) is 3.87. The van der Waals surface area contributed by atoms with Crippen LogP contribution in [0.2, 0.25) is 0 Å². The van der Waals surface area contributed by atoms with Gasteiger partial charge in [0.05, 0.1) is 12.5 Å². The number of aryl methyl sites for hydroxylation is 1. The van der Waals surface area contributed by atoms with E-state index in [9.17, 15) is 15.0 Å². The van der Waals surface area contributed by atoms with E-state index in [0.29, 0.717) is 11.3 Å². The number of nitrogens with two attached hydrogens (primary N) is 1. The topological polar surface area (TPSA) is 104 Å². The Hall–Kier alpha value is -1.59. The predicted octanol–water partition coefficient (Wildman–Crippen LogP) is 0.446. The fraction of sp³-hybridized carbons (Fsp3) is 0.364. The van der Waals surface area contributed by atoms with Crippen molar-refractivity contribution in [3.8, 4) is 0 Å². The lowest BCUT2D eigenvalue weighted by molar-refractivity contribution is -0.141. The zero-order chi connectivity index (χ0) is 12.3. The quantitative estimate of drug-likeness (QED) is 0.557. The SMILES string of the molecule is Cc1cccc(N)c1C(O)C(O)CC(=O)O. The number of nitrogen functional groups attached to an aromatic ring is 1. The van der Waals surface area contributed by atoms with Gasteiger partial charge in [0.25, 0.3) is 0 Å². The second kappa shape index (κ2) is 4.96. The molecule has 0 radical (unpaired) electrons. The maximum atomic E-state index is 10.4. The summed E-state index contributed by atoms with van der Waals surface area (Å²) in [5, 5.41) is 27.8. The van der Waals surface area contributed by atoms with Crippen molar-refractivity contribution in [2.24, 2.45) is 0 Å². The van der Waals surface area contributed by atoms with Gasteiger partial charge in [-0.3, -0.25) is 4.79 Å². The largest absolute Gasteiger partial charge is 0.481 e. The zero-order valence-corrected chi connectivity index (χ0v) is 8.92. The molecule has 0 aliphatic rings. The minimum absolute atomic E-state index is 0.344. The average Bonchev–Trinajstić information content (AvgIpc) is 2.16. The fourth-order valence-electron chi connectivity index (χ4n) is 1.59. The van der Waals surface area contributed by atoms with E-state index in [0.717, 1.165) is 5.56 Å². The molecule has 1 aromatic rings. The molecule has 0 fully saturated rings. The van der Waals surface area contributed by atoms with Crippen molar-refractivity contribution in [2.45, 2.75) is 25.6 Å². The number of aliphatic hydroxyl groups is 2. The van der Waals surface area contributed by atoms with Crippen LogP contribution < -0.4 is 5.73 Å². The van der Waals surface area contributed by atoms with Crippen LogP contribution in [0.5, 0.6) is 0 Å². The van der Waals surface area contributed by atoms with Crippen LogP contribution in [0.15, 0.2) is 18.2 Å². The Bertz CT molecular complexity index is 371. The first-order valence-corrected chi connectivity index (χ1v) is 4.86. The number of carboxylic acid groups (broad SMARTS) is 1. The van der Waals surface area contributed by atoms with Gasteiger partial charge in [-0.2, -0.15) is 0 Å². The van der Waals surface area contributed by atoms with Crippen LogP contribution >= 0.6 is 0 Å². The number of hydrogen-bond donors (Lipinski definition) is 4.